The molecule has 0 unspecified atom stereocenters. The van der Waals surface area contributed by atoms with Gasteiger partial charge in [0, 0.05) is 18.8 Å². The molecule has 2 atom stereocenters. The number of benzene rings is 2. The molecule has 2 aromatic carbocycles. The van der Waals surface area contributed by atoms with Gasteiger partial charge in [-0.25, -0.2) is 0 Å². The Morgan fingerprint density at radius 1 is 1.12 bits per heavy atom. The highest BCUT2D eigenvalue weighted by atomic mass is 35.5. The van der Waals surface area contributed by atoms with Crippen molar-refractivity contribution in [1.82, 2.24) is 9.88 Å². The first-order chi connectivity index (χ1) is 11.2. The van der Waals surface area contributed by atoms with E-state index in [2.05, 4.69) is 28.1 Å². The van der Waals surface area contributed by atoms with Crippen molar-refractivity contribution < 1.29 is 9.84 Å². The van der Waals surface area contributed by atoms with Crippen molar-refractivity contribution in [3.05, 3.63) is 66.4 Å². The van der Waals surface area contributed by atoms with E-state index < -0.39 is 6.10 Å². The van der Waals surface area contributed by atoms with Gasteiger partial charge in [0.15, 0.2) is 0 Å². The van der Waals surface area contributed by atoms with Crippen molar-refractivity contribution in [2.24, 2.45) is 0 Å². The van der Waals surface area contributed by atoms with Crippen molar-refractivity contribution in [2.75, 3.05) is 20.7 Å². The number of nitrogens with zero attached hydrogens (tertiary/aromatic N) is 1. The summed E-state index contributed by atoms with van der Waals surface area (Å²) in [6.07, 6.45) is 1.49. The second-order valence-corrected chi connectivity index (χ2v) is 5.63. The third kappa shape index (κ3) is 3.56. The zero-order valence-corrected chi connectivity index (χ0v) is 14.7. The van der Waals surface area contributed by atoms with Crippen LogP contribution in [-0.2, 0) is 0 Å². The lowest BCUT2D eigenvalue weighted by Crippen LogP contribution is -2.33. The second kappa shape index (κ2) is 8.20. The number of nitrogens with one attached hydrogen (secondary N) is 1. The molecule has 24 heavy (non-hydrogen) atoms. The standard InChI is InChI=1S/C19H22N2O2.ClH/c1-20-13-18(22)19(15-6-4-3-5-7-15)21-11-10-14-8-9-16(23-2)12-17(14)21;/h3-12,18-20,22H,13H2,1-2H3;1H/t18-,19+;/m1./s1. The molecule has 1 heterocycles. The van der Waals surface area contributed by atoms with Crippen LogP contribution in [0.1, 0.15) is 11.6 Å². The largest absolute Gasteiger partial charge is 0.497 e. The summed E-state index contributed by atoms with van der Waals surface area (Å²) < 4.78 is 7.47. The molecule has 2 N–H and O–H groups in total. The van der Waals surface area contributed by atoms with Crippen LogP contribution < -0.4 is 10.1 Å². The van der Waals surface area contributed by atoms with E-state index in [1.807, 2.05) is 49.6 Å². The topological polar surface area (TPSA) is 46.4 Å². The number of likely N-dealkylation sites (N-methyl/N-ethyl adjacent to an activating group) is 1. The third-order valence-corrected chi connectivity index (χ3v) is 4.15. The minimum atomic E-state index is -0.538. The SMILES string of the molecule is CNC[C@@H](O)[C@H](c1ccccc1)n1ccc2ccc(OC)cc21.Cl. The minimum Gasteiger partial charge on any atom is -0.497 e. The zero-order chi connectivity index (χ0) is 16.2. The fourth-order valence-electron chi connectivity index (χ4n) is 3.04. The minimum absolute atomic E-state index is 0. The third-order valence-electron chi connectivity index (χ3n) is 4.15. The number of aliphatic hydroxyl groups excluding tert-OH is 1. The fourth-order valence-corrected chi connectivity index (χ4v) is 3.04. The van der Waals surface area contributed by atoms with Crippen LogP contribution in [0.4, 0.5) is 0 Å². The summed E-state index contributed by atoms with van der Waals surface area (Å²) in [5.74, 6) is 0.812. The fraction of sp³-hybridized carbons (Fsp3) is 0.263. The number of rotatable bonds is 6. The average molecular weight is 347 g/mol. The molecule has 3 aromatic rings. The molecule has 0 bridgehead atoms. The summed E-state index contributed by atoms with van der Waals surface area (Å²) in [4.78, 5) is 0. The number of aliphatic hydroxyl groups is 1. The Morgan fingerprint density at radius 2 is 1.88 bits per heavy atom. The highest BCUT2D eigenvalue weighted by Crippen LogP contribution is 2.30. The van der Waals surface area contributed by atoms with Crippen LogP contribution in [-0.4, -0.2) is 36.5 Å². The predicted molar refractivity (Wildman–Crippen MR) is 100 cm³/mol. The molecule has 128 valence electrons. The van der Waals surface area contributed by atoms with Gasteiger partial charge in [-0.2, -0.15) is 0 Å². The molecule has 3 rings (SSSR count). The maximum Gasteiger partial charge on any atom is 0.120 e. The molecule has 1 aromatic heterocycles. The normalized spacial score (nSPS) is 13.3. The van der Waals surface area contributed by atoms with Crippen LogP contribution in [0.25, 0.3) is 10.9 Å². The van der Waals surface area contributed by atoms with E-state index in [0.717, 1.165) is 22.2 Å². The second-order valence-electron chi connectivity index (χ2n) is 5.63. The first kappa shape index (κ1) is 18.3. The molecule has 5 heteroatoms. The van der Waals surface area contributed by atoms with E-state index in [4.69, 9.17) is 4.74 Å². The molecule has 0 saturated heterocycles. The van der Waals surface area contributed by atoms with Gasteiger partial charge in [-0.15, -0.1) is 12.4 Å². The zero-order valence-electron chi connectivity index (χ0n) is 13.8. The molecule has 0 spiro atoms. The van der Waals surface area contributed by atoms with Gasteiger partial charge in [0.1, 0.15) is 5.75 Å². The maximum atomic E-state index is 10.7. The number of halogens is 1. The molecule has 0 radical (unpaired) electrons. The lowest BCUT2D eigenvalue weighted by molar-refractivity contribution is 0.132. The van der Waals surface area contributed by atoms with Crippen LogP contribution in [0.3, 0.4) is 0 Å². The van der Waals surface area contributed by atoms with Gasteiger partial charge in [0.05, 0.1) is 24.8 Å². The lowest BCUT2D eigenvalue weighted by atomic mass is 10.0. The molecular formula is C19H23ClN2O2. The maximum absolute atomic E-state index is 10.7. The quantitative estimate of drug-likeness (QED) is 0.720. The van der Waals surface area contributed by atoms with Gasteiger partial charge < -0.3 is 19.7 Å². The molecule has 0 aliphatic heterocycles. The Balaban J connectivity index is 0.00000208. The molecule has 0 fully saturated rings. The van der Waals surface area contributed by atoms with E-state index in [0.29, 0.717) is 6.54 Å². The number of aromatic nitrogens is 1. The monoisotopic (exact) mass is 346 g/mol. The van der Waals surface area contributed by atoms with Gasteiger partial charge in [0.25, 0.3) is 0 Å². The van der Waals surface area contributed by atoms with Crippen LogP contribution in [0, 0.1) is 0 Å². The van der Waals surface area contributed by atoms with Crippen molar-refractivity contribution in [1.29, 1.82) is 0 Å². The van der Waals surface area contributed by atoms with E-state index >= 15 is 0 Å². The summed E-state index contributed by atoms with van der Waals surface area (Å²) in [6.45, 7) is 0.517. The van der Waals surface area contributed by atoms with Crippen LogP contribution in [0.15, 0.2) is 60.8 Å². The molecule has 0 aliphatic carbocycles. The number of fused-ring (bicyclic) bond motifs is 1. The molecule has 4 nitrogen and oxygen atoms in total. The van der Waals surface area contributed by atoms with Crippen molar-refractivity contribution in [3.8, 4) is 5.75 Å². The summed E-state index contributed by atoms with van der Waals surface area (Å²) in [6, 6.07) is 18.0. The van der Waals surface area contributed by atoms with Gasteiger partial charge in [-0.3, -0.25) is 0 Å². The van der Waals surface area contributed by atoms with Crippen LogP contribution >= 0.6 is 12.4 Å². The Kier molecular flexibility index (Phi) is 6.26. The van der Waals surface area contributed by atoms with Crippen molar-refractivity contribution in [3.63, 3.8) is 0 Å². The number of methoxy groups -OCH3 is 1. The number of ether oxygens (including phenoxy) is 1. The van der Waals surface area contributed by atoms with Crippen LogP contribution in [0.5, 0.6) is 5.75 Å². The van der Waals surface area contributed by atoms with Crippen LogP contribution in [0.2, 0.25) is 0 Å². The van der Waals surface area contributed by atoms with E-state index in [1.165, 1.54) is 0 Å². The van der Waals surface area contributed by atoms with Gasteiger partial charge in [-0.05, 0) is 36.2 Å². The number of hydrogen-bond donors (Lipinski definition) is 2. The highest BCUT2D eigenvalue weighted by molar-refractivity contribution is 5.85. The first-order valence-electron chi connectivity index (χ1n) is 7.77. The van der Waals surface area contributed by atoms with Gasteiger partial charge >= 0.3 is 0 Å². The Hall–Kier alpha value is -2.01. The van der Waals surface area contributed by atoms with E-state index in [-0.39, 0.29) is 18.4 Å². The molecular weight excluding hydrogens is 324 g/mol. The van der Waals surface area contributed by atoms with E-state index in [9.17, 15) is 5.11 Å². The molecule has 0 saturated carbocycles. The van der Waals surface area contributed by atoms with Crippen molar-refractivity contribution >= 4 is 23.3 Å². The first-order valence-corrected chi connectivity index (χ1v) is 7.77. The Morgan fingerprint density at radius 3 is 2.54 bits per heavy atom. The Bertz CT molecular complexity index is 773. The Labute approximate surface area is 148 Å². The lowest BCUT2D eigenvalue weighted by Gasteiger charge is -2.26. The van der Waals surface area contributed by atoms with Gasteiger partial charge in [-0.1, -0.05) is 30.3 Å². The summed E-state index contributed by atoms with van der Waals surface area (Å²) >= 11 is 0. The van der Waals surface area contributed by atoms with E-state index in [1.54, 1.807) is 7.11 Å². The van der Waals surface area contributed by atoms with Gasteiger partial charge in [0.2, 0.25) is 0 Å². The smallest absolute Gasteiger partial charge is 0.120 e. The number of hydrogen-bond acceptors (Lipinski definition) is 3. The van der Waals surface area contributed by atoms with Crippen molar-refractivity contribution in [2.45, 2.75) is 12.1 Å². The average Bonchev–Trinajstić information content (AvgIpc) is 2.99. The highest BCUT2D eigenvalue weighted by Gasteiger charge is 2.23. The summed E-state index contributed by atoms with van der Waals surface area (Å²) in [5.41, 5.74) is 2.13. The summed E-state index contributed by atoms with van der Waals surface area (Å²) in [5, 5.41) is 14.9. The summed E-state index contributed by atoms with van der Waals surface area (Å²) in [7, 11) is 3.51. The predicted octanol–water partition coefficient (Wildman–Crippen LogP) is 3.24. The molecule has 0 amide bonds. The molecule has 0 aliphatic rings.